The molecule has 0 aliphatic heterocycles. The van der Waals surface area contributed by atoms with Crippen LogP contribution in [0.3, 0.4) is 0 Å². The van der Waals surface area contributed by atoms with E-state index >= 15 is 0 Å². The highest BCUT2D eigenvalue weighted by Gasteiger charge is 2.38. The third kappa shape index (κ3) is 6.18. The minimum Gasteiger partial charge on any atom is -0.317 e. The summed E-state index contributed by atoms with van der Waals surface area (Å²) in [6.07, 6.45) is 8.89. The van der Waals surface area contributed by atoms with E-state index in [2.05, 4.69) is 97.9 Å². The summed E-state index contributed by atoms with van der Waals surface area (Å²) >= 11 is 0. The molecule has 2 heteroatoms. The maximum absolute atomic E-state index is 7.38. The number of hydrogen-bond acceptors (Lipinski definition) is 1. The molecule has 2 N–H and O–H groups in total. The minimum atomic E-state index is -0.548. The maximum atomic E-state index is 7.38. The molecule has 0 radical (unpaired) electrons. The van der Waals surface area contributed by atoms with Crippen LogP contribution in [0.1, 0.15) is 74.5 Å². The first-order chi connectivity index (χ1) is 14.3. The van der Waals surface area contributed by atoms with Gasteiger partial charge in [0.1, 0.15) is 0 Å². The van der Waals surface area contributed by atoms with Gasteiger partial charge in [-0.25, -0.2) is 0 Å². The molecule has 0 saturated heterocycles. The quantitative estimate of drug-likeness (QED) is 0.204. The van der Waals surface area contributed by atoms with Crippen molar-refractivity contribution in [2.24, 2.45) is 5.73 Å². The van der Waals surface area contributed by atoms with E-state index in [9.17, 15) is 0 Å². The Morgan fingerprint density at radius 1 is 0.633 bits per heavy atom. The van der Waals surface area contributed by atoms with Crippen LogP contribution in [0.5, 0.6) is 0 Å². The van der Waals surface area contributed by atoms with Gasteiger partial charge in [0.15, 0.2) is 0 Å². The molecule has 0 heterocycles. The van der Waals surface area contributed by atoms with Crippen LogP contribution >= 0.6 is 24.0 Å². The third-order valence-corrected chi connectivity index (χ3v) is 6.10. The van der Waals surface area contributed by atoms with Gasteiger partial charge in [0.2, 0.25) is 0 Å². The molecular formula is C28H36IN. The van der Waals surface area contributed by atoms with E-state index in [1.165, 1.54) is 55.2 Å². The SMILES string of the molecule is CCCCCCCCC(c1ccccc1)C(N)(c1ccccc1)c1ccccc1.I. The Morgan fingerprint density at radius 2 is 1.07 bits per heavy atom. The van der Waals surface area contributed by atoms with Crippen molar-refractivity contribution < 1.29 is 0 Å². The first kappa shape index (κ1) is 24.6. The second kappa shape index (κ2) is 12.9. The van der Waals surface area contributed by atoms with Gasteiger partial charge in [0.25, 0.3) is 0 Å². The molecule has 0 spiro atoms. The number of halogens is 1. The molecule has 1 atom stereocenters. The summed E-state index contributed by atoms with van der Waals surface area (Å²) < 4.78 is 0. The van der Waals surface area contributed by atoms with Crippen LogP contribution in [-0.4, -0.2) is 0 Å². The summed E-state index contributed by atoms with van der Waals surface area (Å²) in [7, 11) is 0. The highest BCUT2D eigenvalue weighted by molar-refractivity contribution is 14.0. The number of benzene rings is 3. The smallest absolute Gasteiger partial charge is 0.0735 e. The van der Waals surface area contributed by atoms with E-state index in [-0.39, 0.29) is 29.9 Å². The molecule has 0 aromatic heterocycles. The summed E-state index contributed by atoms with van der Waals surface area (Å²) in [5.74, 6) is 0.236. The highest BCUT2D eigenvalue weighted by atomic mass is 127. The lowest BCUT2D eigenvalue weighted by molar-refractivity contribution is 0.385. The first-order valence-corrected chi connectivity index (χ1v) is 11.2. The lowest BCUT2D eigenvalue weighted by atomic mass is 9.69. The molecule has 3 aromatic carbocycles. The Morgan fingerprint density at radius 3 is 1.57 bits per heavy atom. The van der Waals surface area contributed by atoms with Gasteiger partial charge >= 0.3 is 0 Å². The van der Waals surface area contributed by atoms with Gasteiger partial charge in [-0.15, -0.1) is 24.0 Å². The van der Waals surface area contributed by atoms with Gasteiger partial charge in [-0.05, 0) is 23.1 Å². The Hall–Kier alpha value is -1.65. The molecule has 160 valence electrons. The zero-order valence-electron chi connectivity index (χ0n) is 18.2. The summed E-state index contributed by atoms with van der Waals surface area (Å²) in [6, 6.07) is 32.2. The number of nitrogens with two attached hydrogens (primary N) is 1. The second-order valence-corrected chi connectivity index (χ2v) is 8.12. The fourth-order valence-electron chi connectivity index (χ4n) is 4.47. The summed E-state index contributed by atoms with van der Waals surface area (Å²) in [6.45, 7) is 2.27. The molecule has 0 amide bonds. The fraction of sp³-hybridized carbons (Fsp3) is 0.357. The molecule has 0 bridgehead atoms. The summed E-state index contributed by atoms with van der Waals surface area (Å²) in [5.41, 5.74) is 10.5. The van der Waals surface area contributed by atoms with Crippen LogP contribution in [0.15, 0.2) is 91.0 Å². The van der Waals surface area contributed by atoms with Crippen molar-refractivity contribution in [2.45, 2.75) is 63.3 Å². The van der Waals surface area contributed by atoms with Gasteiger partial charge in [-0.3, -0.25) is 0 Å². The molecule has 3 aromatic rings. The summed E-state index contributed by atoms with van der Waals surface area (Å²) in [4.78, 5) is 0. The van der Waals surface area contributed by atoms with Crippen LogP contribution in [0.2, 0.25) is 0 Å². The van der Waals surface area contributed by atoms with Crippen molar-refractivity contribution in [1.82, 2.24) is 0 Å². The molecule has 0 fully saturated rings. The lowest BCUT2D eigenvalue weighted by Gasteiger charge is -2.39. The normalized spacial score (nSPS) is 12.2. The van der Waals surface area contributed by atoms with Crippen molar-refractivity contribution in [3.05, 3.63) is 108 Å². The molecule has 0 aliphatic rings. The van der Waals surface area contributed by atoms with Crippen molar-refractivity contribution in [2.75, 3.05) is 0 Å². The monoisotopic (exact) mass is 513 g/mol. The standard InChI is InChI=1S/C28H35N.HI/c1-2-3-4-5-6-16-23-27(24-17-10-7-11-18-24)28(29,25-19-12-8-13-20-25)26-21-14-9-15-22-26;/h7-15,17-22,27H,2-6,16,23,29H2,1H3;1H. The average Bonchev–Trinajstić information content (AvgIpc) is 2.80. The molecule has 0 saturated carbocycles. The minimum absolute atomic E-state index is 0. The van der Waals surface area contributed by atoms with E-state index in [1.54, 1.807) is 0 Å². The number of hydrogen-bond donors (Lipinski definition) is 1. The fourth-order valence-corrected chi connectivity index (χ4v) is 4.47. The number of rotatable bonds is 11. The van der Waals surface area contributed by atoms with Crippen molar-refractivity contribution in [3.8, 4) is 0 Å². The van der Waals surface area contributed by atoms with Gasteiger partial charge in [0, 0.05) is 5.92 Å². The van der Waals surface area contributed by atoms with E-state index in [4.69, 9.17) is 5.73 Å². The molecule has 0 aliphatic carbocycles. The molecular weight excluding hydrogens is 477 g/mol. The van der Waals surface area contributed by atoms with E-state index in [0.29, 0.717) is 0 Å². The molecule has 1 nitrogen and oxygen atoms in total. The van der Waals surface area contributed by atoms with E-state index < -0.39 is 5.54 Å². The zero-order valence-corrected chi connectivity index (χ0v) is 20.5. The summed E-state index contributed by atoms with van der Waals surface area (Å²) in [5, 5.41) is 0. The van der Waals surface area contributed by atoms with Crippen LogP contribution < -0.4 is 5.73 Å². The maximum Gasteiger partial charge on any atom is 0.0735 e. The van der Waals surface area contributed by atoms with E-state index in [1.807, 2.05) is 0 Å². The third-order valence-electron chi connectivity index (χ3n) is 6.10. The van der Waals surface area contributed by atoms with Crippen LogP contribution in [0, 0.1) is 0 Å². The highest BCUT2D eigenvalue weighted by Crippen LogP contribution is 2.43. The van der Waals surface area contributed by atoms with Crippen LogP contribution in [0.25, 0.3) is 0 Å². The molecule has 3 rings (SSSR count). The van der Waals surface area contributed by atoms with Gasteiger partial charge in [-0.1, -0.05) is 136 Å². The largest absolute Gasteiger partial charge is 0.317 e. The Balaban J connectivity index is 0.00000320. The van der Waals surface area contributed by atoms with E-state index in [0.717, 1.165) is 6.42 Å². The average molecular weight is 514 g/mol. The lowest BCUT2D eigenvalue weighted by Crippen LogP contribution is -2.44. The predicted molar refractivity (Wildman–Crippen MR) is 140 cm³/mol. The van der Waals surface area contributed by atoms with Crippen molar-refractivity contribution in [1.29, 1.82) is 0 Å². The van der Waals surface area contributed by atoms with Gasteiger partial charge in [0.05, 0.1) is 5.54 Å². The predicted octanol–water partition coefficient (Wildman–Crippen LogP) is 8.04. The first-order valence-electron chi connectivity index (χ1n) is 11.2. The molecule has 30 heavy (non-hydrogen) atoms. The van der Waals surface area contributed by atoms with Crippen LogP contribution in [-0.2, 0) is 5.54 Å². The Bertz CT molecular complexity index is 778. The topological polar surface area (TPSA) is 26.0 Å². The molecule has 1 unspecified atom stereocenters. The van der Waals surface area contributed by atoms with Crippen molar-refractivity contribution >= 4 is 24.0 Å². The van der Waals surface area contributed by atoms with Crippen molar-refractivity contribution in [3.63, 3.8) is 0 Å². The second-order valence-electron chi connectivity index (χ2n) is 8.12. The zero-order chi connectivity index (χ0) is 20.4. The Kier molecular flexibility index (Phi) is 10.6. The number of unbranched alkanes of at least 4 members (excludes halogenated alkanes) is 5. The Labute approximate surface area is 200 Å². The van der Waals surface area contributed by atoms with Gasteiger partial charge < -0.3 is 5.73 Å². The van der Waals surface area contributed by atoms with Gasteiger partial charge in [-0.2, -0.15) is 0 Å². The van der Waals surface area contributed by atoms with Crippen LogP contribution in [0.4, 0.5) is 0 Å².